The molecule has 0 saturated heterocycles. The van der Waals surface area contributed by atoms with Gasteiger partial charge >= 0.3 is 0 Å². The van der Waals surface area contributed by atoms with Crippen LogP contribution < -0.4 is 11.2 Å². The minimum absolute atomic E-state index is 0.152. The van der Waals surface area contributed by atoms with E-state index in [0.717, 1.165) is 11.3 Å². The summed E-state index contributed by atoms with van der Waals surface area (Å²) in [5.41, 5.74) is 10.5. The highest BCUT2D eigenvalue weighted by atomic mass is 15.3. The Balaban J connectivity index is 2.16. The summed E-state index contributed by atoms with van der Waals surface area (Å²) in [5.74, 6) is -0.369. The summed E-state index contributed by atoms with van der Waals surface area (Å²) in [6.07, 6.45) is 1.73. The van der Waals surface area contributed by atoms with Crippen molar-refractivity contribution >= 4 is 17.2 Å². The summed E-state index contributed by atoms with van der Waals surface area (Å²) in [6, 6.07) is 11.1. The van der Waals surface area contributed by atoms with Crippen LogP contribution in [0.3, 0.4) is 0 Å². The van der Waals surface area contributed by atoms with Crippen molar-refractivity contribution in [3.63, 3.8) is 0 Å². The third-order valence-electron chi connectivity index (χ3n) is 2.66. The molecule has 0 radical (unpaired) electrons. The second kappa shape index (κ2) is 5.67. The minimum Gasteiger partial charge on any atom is -0.382 e. The lowest BCUT2D eigenvalue weighted by Crippen LogP contribution is -2.21. The van der Waals surface area contributed by atoms with Crippen LogP contribution in [0.4, 0.5) is 5.69 Å². The van der Waals surface area contributed by atoms with E-state index in [-0.39, 0.29) is 11.5 Å². The van der Waals surface area contributed by atoms with Gasteiger partial charge in [0.05, 0.1) is 11.4 Å². The molecule has 100 valence electrons. The van der Waals surface area contributed by atoms with Crippen molar-refractivity contribution in [3.8, 4) is 17.3 Å². The second-order valence-corrected chi connectivity index (χ2v) is 4.02. The topological polar surface area (TPSA) is 116 Å². The molecule has 0 aliphatic carbocycles. The predicted molar refractivity (Wildman–Crippen MR) is 77.2 cm³/mol. The zero-order valence-electron chi connectivity index (χ0n) is 10.8. The fraction of sp³-hybridized carbons (Fsp3) is 0.0769. The zero-order chi connectivity index (χ0) is 14.5. The van der Waals surface area contributed by atoms with E-state index in [1.54, 1.807) is 16.9 Å². The first kappa shape index (κ1) is 13.3. The number of nitriles is 1. The standard InChI is InChI=1S/C13H13N7/c1-20-12(6-7-17-20)9-2-4-10(5-3-9)18-19-11(8-14)13(15)16/h2-7,18H,1H3,(H3,15,16)/b19-11+. The van der Waals surface area contributed by atoms with Crippen LogP contribution in [-0.4, -0.2) is 21.3 Å². The Morgan fingerprint density at radius 3 is 2.60 bits per heavy atom. The van der Waals surface area contributed by atoms with E-state index in [9.17, 15) is 0 Å². The van der Waals surface area contributed by atoms with E-state index in [1.807, 2.05) is 37.4 Å². The molecule has 0 aliphatic rings. The molecule has 1 aromatic carbocycles. The van der Waals surface area contributed by atoms with E-state index in [1.165, 1.54) is 0 Å². The largest absolute Gasteiger partial charge is 0.382 e. The molecule has 2 rings (SSSR count). The summed E-state index contributed by atoms with van der Waals surface area (Å²) < 4.78 is 1.78. The fourth-order valence-corrected chi connectivity index (χ4v) is 1.64. The molecule has 0 amide bonds. The summed E-state index contributed by atoms with van der Waals surface area (Å²) >= 11 is 0. The van der Waals surface area contributed by atoms with Gasteiger partial charge in [0.1, 0.15) is 6.07 Å². The number of nitrogens with two attached hydrogens (primary N) is 1. The normalized spacial score (nSPS) is 10.9. The molecule has 0 atom stereocenters. The van der Waals surface area contributed by atoms with Gasteiger partial charge in [0.15, 0.2) is 5.84 Å². The first-order valence-corrected chi connectivity index (χ1v) is 5.78. The molecule has 4 N–H and O–H groups in total. The molecule has 0 bridgehead atoms. The molecule has 0 aliphatic heterocycles. The second-order valence-electron chi connectivity index (χ2n) is 4.02. The summed E-state index contributed by atoms with van der Waals surface area (Å²) in [5, 5.41) is 23.7. The number of anilines is 1. The van der Waals surface area contributed by atoms with Crippen molar-refractivity contribution in [1.29, 1.82) is 10.7 Å². The lowest BCUT2D eigenvalue weighted by Gasteiger charge is -2.04. The Morgan fingerprint density at radius 2 is 2.10 bits per heavy atom. The number of nitrogens with zero attached hydrogens (tertiary/aromatic N) is 4. The van der Waals surface area contributed by atoms with Gasteiger partial charge in [-0.05, 0) is 23.8 Å². The van der Waals surface area contributed by atoms with Crippen LogP contribution in [0.5, 0.6) is 0 Å². The highest BCUT2D eigenvalue weighted by molar-refractivity contribution is 6.45. The molecule has 1 heterocycles. The third kappa shape index (κ3) is 2.81. The number of hydrogen-bond acceptors (Lipinski definition) is 5. The van der Waals surface area contributed by atoms with Crippen LogP contribution >= 0.6 is 0 Å². The van der Waals surface area contributed by atoms with Gasteiger partial charge < -0.3 is 5.73 Å². The molecule has 7 heteroatoms. The van der Waals surface area contributed by atoms with Crippen LogP contribution in [0.15, 0.2) is 41.6 Å². The quantitative estimate of drug-likeness (QED) is 0.440. The molecular formula is C13H13N7. The van der Waals surface area contributed by atoms with Crippen LogP contribution in [0, 0.1) is 16.7 Å². The highest BCUT2D eigenvalue weighted by Crippen LogP contribution is 2.20. The Labute approximate surface area is 115 Å². The van der Waals surface area contributed by atoms with Gasteiger partial charge in [-0.3, -0.25) is 15.5 Å². The molecule has 0 saturated carbocycles. The van der Waals surface area contributed by atoms with Crippen LogP contribution in [0.2, 0.25) is 0 Å². The van der Waals surface area contributed by atoms with Crippen LogP contribution in [0.25, 0.3) is 11.3 Å². The van der Waals surface area contributed by atoms with Gasteiger partial charge in [0.2, 0.25) is 5.71 Å². The van der Waals surface area contributed by atoms with Crippen molar-refractivity contribution < 1.29 is 0 Å². The maximum absolute atomic E-state index is 8.72. The number of nitrogens with one attached hydrogen (secondary N) is 2. The number of aryl methyl sites for hydroxylation is 1. The lowest BCUT2D eigenvalue weighted by atomic mass is 10.1. The van der Waals surface area contributed by atoms with E-state index in [0.29, 0.717) is 5.69 Å². The number of hydrazone groups is 1. The Kier molecular flexibility index (Phi) is 3.77. The summed E-state index contributed by atoms with van der Waals surface area (Å²) in [7, 11) is 1.87. The average molecular weight is 267 g/mol. The summed E-state index contributed by atoms with van der Waals surface area (Å²) in [4.78, 5) is 0. The number of rotatable bonds is 4. The fourth-order valence-electron chi connectivity index (χ4n) is 1.64. The first-order valence-electron chi connectivity index (χ1n) is 5.78. The number of aromatic nitrogens is 2. The monoisotopic (exact) mass is 267 g/mol. The Morgan fingerprint density at radius 1 is 1.40 bits per heavy atom. The Hall–Kier alpha value is -3.14. The molecule has 2 aromatic rings. The van der Waals surface area contributed by atoms with E-state index in [2.05, 4.69) is 15.6 Å². The van der Waals surface area contributed by atoms with Gasteiger partial charge in [0, 0.05) is 13.2 Å². The summed E-state index contributed by atoms with van der Waals surface area (Å²) in [6.45, 7) is 0. The first-order chi connectivity index (χ1) is 9.61. The van der Waals surface area contributed by atoms with E-state index in [4.69, 9.17) is 16.4 Å². The number of amidine groups is 1. The Bertz CT molecular complexity index is 688. The van der Waals surface area contributed by atoms with Gasteiger partial charge in [-0.1, -0.05) is 12.1 Å². The van der Waals surface area contributed by atoms with Gasteiger partial charge in [0.25, 0.3) is 0 Å². The molecule has 0 unspecified atom stereocenters. The molecular weight excluding hydrogens is 254 g/mol. The highest BCUT2D eigenvalue weighted by Gasteiger charge is 2.03. The van der Waals surface area contributed by atoms with Crippen molar-refractivity contribution in [2.24, 2.45) is 17.9 Å². The third-order valence-corrected chi connectivity index (χ3v) is 2.66. The average Bonchev–Trinajstić information content (AvgIpc) is 2.86. The maximum atomic E-state index is 8.72. The number of benzene rings is 1. The smallest absolute Gasteiger partial charge is 0.201 e. The van der Waals surface area contributed by atoms with Crippen molar-refractivity contribution in [2.45, 2.75) is 0 Å². The van der Waals surface area contributed by atoms with Crippen molar-refractivity contribution in [1.82, 2.24) is 9.78 Å². The van der Waals surface area contributed by atoms with E-state index < -0.39 is 0 Å². The molecule has 0 spiro atoms. The molecule has 1 aromatic heterocycles. The van der Waals surface area contributed by atoms with Crippen LogP contribution in [0.1, 0.15) is 0 Å². The van der Waals surface area contributed by atoms with E-state index >= 15 is 0 Å². The SMILES string of the molecule is Cn1nccc1-c1ccc(N/N=C(\C#N)C(=N)N)cc1. The predicted octanol–water partition coefficient (Wildman–Crippen LogP) is 1.31. The molecule has 20 heavy (non-hydrogen) atoms. The van der Waals surface area contributed by atoms with Crippen LogP contribution in [-0.2, 0) is 7.05 Å². The zero-order valence-corrected chi connectivity index (χ0v) is 10.8. The lowest BCUT2D eigenvalue weighted by molar-refractivity contribution is 0.776. The molecule has 7 nitrogen and oxygen atoms in total. The van der Waals surface area contributed by atoms with Crippen molar-refractivity contribution in [3.05, 3.63) is 36.5 Å². The number of hydrogen-bond donors (Lipinski definition) is 3. The molecule has 0 fully saturated rings. The minimum atomic E-state index is -0.369. The van der Waals surface area contributed by atoms with Gasteiger partial charge in [-0.2, -0.15) is 15.5 Å². The van der Waals surface area contributed by atoms with Gasteiger partial charge in [-0.25, -0.2) is 0 Å². The van der Waals surface area contributed by atoms with Gasteiger partial charge in [-0.15, -0.1) is 0 Å². The maximum Gasteiger partial charge on any atom is 0.201 e. The van der Waals surface area contributed by atoms with Crippen molar-refractivity contribution in [2.75, 3.05) is 5.43 Å².